The van der Waals surface area contributed by atoms with Crippen LogP contribution in [0.5, 0.6) is 0 Å². The summed E-state index contributed by atoms with van der Waals surface area (Å²) < 4.78 is 5.18. The van der Waals surface area contributed by atoms with Crippen molar-refractivity contribution in [3.05, 3.63) is 35.9 Å². The highest BCUT2D eigenvalue weighted by atomic mass is 16.6. The van der Waals surface area contributed by atoms with E-state index in [1.165, 1.54) is 4.90 Å². The number of ether oxygens (including phenoxy) is 1. The number of hydrogen-bond donors (Lipinski definition) is 0. The number of benzene rings is 1. The van der Waals surface area contributed by atoms with Gasteiger partial charge in [-0.15, -0.1) is 0 Å². The van der Waals surface area contributed by atoms with Crippen LogP contribution in [0.2, 0.25) is 0 Å². The Morgan fingerprint density at radius 3 is 2.65 bits per heavy atom. The van der Waals surface area contributed by atoms with E-state index in [-0.39, 0.29) is 17.9 Å². The minimum Gasteiger partial charge on any atom is -0.447 e. The molecule has 0 spiro atoms. The lowest BCUT2D eigenvalue weighted by atomic mass is 9.75. The Balaban J connectivity index is 1.73. The maximum atomic E-state index is 13.0. The Labute approximate surface area is 137 Å². The van der Waals surface area contributed by atoms with Gasteiger partial charge in [-0.05, 0) is 43.1 Å². The summed E-state index contributed by atoms with van der Waals surface area (Å²) in [4.78, 5) is 26.5. The first-order valence-electron chi connectivity index (χ1n) is 8.60. The van der Waals surface area contributed by atoms with Crippen LogP contribution in [-0.4, -0.2) is 29.5 Å². The number of rotatable bonds is 3. The zero-order valence-electron chi connectivity index (χ0n) is 13.9. The predicted octanol–water partition coefficient (Wildman–Crippen LogP) is 3.65. The fraction of sp³-hybridized carbons (Fsp3) is 0.579. The van der Waals surface area contributed by atoms with E-state index in [1.807, 2.05) is 30.3 Å². The Morgan fingerprint density at radius 2 is 1.96 bits per heavy atom. The van der Waals surface area contributed by atoms with Crippen molar-refractivity contribution in [2.45, 2.75) is 45.6 Å². The molecule has 1 heterocycles. The fourth-order valence-electron chi connectivity index (χ4n) is 3.98. The number of nitrogens with zero attached hydrogens (tertiary/aromatic N) is 1. The van der Waals surface area contributed by atoms with Gasteiger partial charge in [0.05, 0.1) is 6.04 Å². The molecule has 2 amide bonds. The van der Waals surface area contributed by atoms with Gasteiger partial charge in [0.1, 0.15) is 6.61 Å². The molecule has 2 aliphatic rings. The maximum Gasteiger partial charge on any atom is 0.416 e. The summed E-state index contributed by atoms with van der Waals surface area (Å²) in [7, 11) is 0. The van der Waals surface area contributed by atoms with Gasteiger partial charge in [-0.25, -0.2) is 9.69 Å². The molecule has 1 unspecified atom stereocenters. The maximum absolute atomic E-state index is 13.0. The number of carbonyl (C=O) groups is 2. The van der Waals surface area contributed by atoms with Gasteiger partial charge < -0.3 is 4.74 Å². The summed E-state index contributed by atoms with van der Waals surface area (Å²) >= 11 is 0. The van der Waals surface area contributed by atoms with Crippen LogP contribution in [0.4, 0.5) is 4.79 Å². The first-order chi connectivity index (χ1) is 11.1. The lowest BCUT2D eigenvalue weighted by Crippen LogP contribution is -2.46. The molecule has 2 fully saturated rings. The molecule has 4 atom stereocenters. The van der Waals surface area contributed by atoms with Crippen molar-refractivity contribution in [3.8, 4) is 0 Å². The minimum atomic E-state index is -0.471. The second kappa shape index (κ2) is 6.73. The van der Waals surface area contributed by atoms with Crippen LogP contribution in [0.15, 0.2) is 30.3 Å². The molecule has 124 valence electrons. The molecule has 0 N–H and O–H groups in total. The van der Waals surface area contributed by atoms with Gasteiger partial charge in [-0.1, -0.05) is 44.2 Å². The van der Waals surface area contributed by atoms with Crippen molar-refractivity contribution in [1.29, 1.82) is 0 Å². The van der Waals surface area contributed by atoms with Crippen molar-refractivity contribution < 1.29 is 14.3 Å². The second-order valence-corrected chi connectivity index (χ2v) is 7.13. The largest absolute Gasteiger partial charge is 0.447 e. The SMILES string of the molecule is C[C@@H]1CC[C@@H](C(=O)N2C(=O)OCC2Cc2ccccc2)[C@H](C)C1. The van der Waals surface area contributed by atoms with Gasteiger partial charge in [-0.2, -0.15) is 0 Å². The van der Waals surface area contributed by atoms with Crippen molar-refractivity contribution >= 4 is 12.0 Å². The van der Waals surface area contributed by atoms with Crippen molar-refractivity contribution in [2.24, 2.45) is 17.8 Å². The molecule has 23 heavy (non-hydrogen) atoms. The summed E-state index contributed by atoms with van der Waals surface area (Å²) in [5.74, 6) is 0.916. The number of imide groups is 1. The molecule has 0 radical (unpaired) electrons. The minimum absolute atomic E-state index is 0.0344. The van der Waals surface area contributed by atoms with Crippen molar-refractivity contribution in [3.63, 3.8) is 0 Å². The quantitative estimate of drug-likeness (QED) is 0.855. The molecule has 1 saturated carbocycles. The highest BCUT2D eigenvalue weighted by Crippen LogP contribution is 2.35. The Kier molecular flexibility index (Phi) is 4.69. The first-order valence-corrected chi connectivity index (χ1v) is 8.60. The van der Waals surface area contributed by atoms with Gasteiger partial charge in [-0.3, -0.25) is 4.79 Å². The van der Waals surface area contributed by atoms with E-state index >= 15 is 0 Å². The molecule has 1 aromatic rings. The van der Waals surface area contributed by atoms with E-state index in [2.05, 4.69) is 13.8 Å². The summed E-state index contributed by atoms with van der Waals surface area (Å²) in [5, 5.41) is 0. The van der Waals surface area contributed by atoms with Gasteiger partial charge >= 0.3 is 6.09 Å². The predicted molar refractivity (Wildman–Crippen MR) is 87.8 cm³/mol. The Bertz CT molecular complexity index is 571. The van der Waals surface area contributed by atoms with E-state index in [1.54, 1.807) is 0 Å². The molecule has 4 heteroatoms. The number of carbonyl (C=O) groups excluding carboxylic acids is 2. The van der Waals surface area contributed by atoms with E-state index in [9.17, 15) is 9.59 Å². The molecular weight excluding hydrogens is 290 g/mol. The monoisotopic (exact) mass is 315 g/mol. The molecular formula is C19H25NO3. The summed E-state index contributed by atoms with van der Waals surface area (Å²) in [5.41, 5.74) is 1.12. The van der Waals surface area contributed by atoms with E-state index < -0.39 is 6.09 Å². The summed E-state index contributed by atoms with van der Waals surface area (Å²) in [6.45, 7) is 4.67. The van der Waals surface area contributed by atoms with Crippen molar-refractivity contribution in [2.75, 3.05) is 6.61 Å². The average Bonchev–Trinajstić information content (AvgIpc) is 2.88. The van der Waals surface area contributed by atoms with Crippen LogP contribution >= 0.6 is 0 Å². The van der Waals surface area contributed by atoms with Gasteiger partial charge in [0, 0.05) is 5.92 Å². The van der Waals surface area contributed by atoms with Crippen LogP contribution in [0.3, 0.4) is 0 Å². The topological polar surface area (TPSA) is 46.6 Å². The summed E-state index contributed by atoms with van der Waals surface area (Å²) in [6, 6.07) is 9.79. The normalized spacial score (nSPS) is 31.0. The number of hydrogen-bond acceptors (Lipinski definition) is 3. The van der Waals surface area contributed by atoms with Gasteiger partial charge in [0.2, 0.25) is 5.91 Å². The van der Waals surface area contributed by atoms with Crippen molar-refractivity contribution in [1.82, 2.24) is 4.90 Å². The smallest absolute Gasteiger partial charge is 0.416 e. The molecule has 0 bridgehead atoms. The number of cyclic esters (lactones) is 1. The molecule has 1 aromatic carbocycles. The highest BCUT2D eigenvalue weighted by Gasteiger charge is 2.43. The molecule has 0 aromatic heterocycles. The van der Waals surface area contributed by atoms with Crippen LogP contribution in [-0.2, 0) is 16.0 Å². The summed E-state index contributed by atoms with van der Waals surface area (Å²) in [6.07, 6.45) is 3.19. The molecule has 3 rings (SSSR count). The van der Waals surface area contributed by atoms with Gasteiger partial charge in [0.25, 0.3) is 0 Å². The van der Waals surface area contributed by atoms with Crippen LogP contribution in [0.1, 0.15) is 38.7 Å². The van der Waals surface area contributed by atoms with Crippen LogP contribution in [0, 0.1) is 17.8 Å². The third-order valence-corrected chi connectivity index (χ3v) is 5.26. The first kappa shape index (κ1) is 16.0. The van der Waals surface area contributed by atoms with Crippen LogP contribution < -0.4 is 0 Å². The standard InChI is InChI=1S/C19H25NO3/c1-13-8-9-17(14(2)10-13)18(21)20-16(12-23-19(20)22)11-15-6-4-3-5-7-15/h3-7,13-14,16-17H,8-12H2,1-2H3/t13-,14-,16?,17-/m1/s1. The van der Waals surface area contributed by atoms with Crippen LogP contribution in [0.25, 0.3) is 0 Å². The van der Waals surface area contributed by atoms with E-state index in [0.29, 0.717) is 24.9 Å². The number of amides is 2. The molecule has 4 nitrogen and oxygen atoms in total. The zero-order valence-corrected chi connectivity index (χ0v) is 13.9. The fourth-order valence-corrected chi connectivity index (χ4v) is 3.98. The Hall–Kier alpha value is -1.84. The third kappa shape index (κ3) is 3.41. The third-order valence-electron chi connectivity index (χ3n) is 5.26. The molecule has 1 aliphatic carbocycles. The lowest BCUT2D eigenvalue weighted by molar-refractivity contribution is -0.136. The average molecular weight is 315 g/mol. The molecule has 1 saturated heterocycles. The van der Waals surface area contributed by atoms with Gasteiger partial charge in [0.15, 0.2) is 0 Å². The van der Waals surface area contributed by atoms with E-state index in [0.717, 1.165) is 24.8 Å². The lowest BCUT2D eigenvalue weighted by Gasteiger charge is -2.34. The Morgan fingerprint density at radius 1 is 1.22 bits per heavy atom. The highest BCUT2D eigenvalue weighted by molar-refractivity contribution is 5.95. The molecule has 1 aliphatic heterocycles. The second-order valence-electron chi connectivity index (χ2n) is 7.13. The van der Waals surface area contributed by atoms with E-state index in [4.69, 9.17) is 4.74 Å². The zero-order chi connectivity index (χ0) is 16.4.